The average Bonchev–Trinajstić information content (AvgIpc) is 3.53. The topological polar surface area (TPSA) is 141 Å². The first-order valence-electron chi connectivity index (χ1n) is 12.1. The molecule has 1 fully saturated rings. The van der Waals surface area contributed by atoms with E-state index in [0.29, 0.717) is 24.6 Å². The third kappa shape index (κ3) is 4.37. The number of aromatic nitrogens is 3. The van der Waals surface area contributed by atoms with Gasteiger partial charge in [-0.15, -0.1) is 0 Å². The maximum Gasteiger partial charge on any atom is 0.407 e. The minimum atomic E-state index is -0.798. The summed E-state index contributed by atoms with van der Waals surface area (Å²) in [5, 5.41) is 6.15. The number of nitrogens with one attached hydrogen (secondary N) is 2. The van der Waals surface area contributed by atoms with E-state index in [0.717, 1.165) is 36.2 Å². The molecule has 10 heteroatoms. The number of primary amides is 1. The Balaban J connectivity index is 1.34. The molecule has 4 aromatic rings. The lowest BCUT2D eigenvalue weighted by molar-refractivity contribution is 0.0999. The van der Waals surface area contributed by atoms with Crippen LogP contribution in [0.25, 0.3) is 16.7 Å². The van der Waals surface area contributed by atoms with Crippen LogP contribution in [0.4, 0.5) is 16.4 Å². The van der Waals surface area contributed by atoms with Crippen LogP contribution in [-0.2, 0) is 24.0 Å². The molecule has 1 unspecified atom stereocenters. The predicted octanol–water partition coefficient (Wildman–Crippen LogP) is 2.76. The van der Waals surface area contributed by atoms with E-state index in [2.05, 4.69) is 32.7 Å². The summed E-state index contributed by atoms with van der Waals surface area (Å²) in [7, 11) is 0. The fraction of sp³-hybridized carbons (Fsp3) is 0.222. The highest BCUT2D eigenvalue weighted by Gasteiger charge is 2.22. The van der Waals surface area contributed by atoms with E-state index < -0.39 is 17.4 Å². The number of alkyl carbamates (subject to hydrolysis) is 1. The lowest BCUT2D eigenvalue weighted by Gasteiger charge is -2.14. The van der Waals surface area contributed by atoms with Gasteiger partial charge in [0, 0.05) is 23.8 Å². The molecule has 1 aliphatic carbocycles. The highest BCUT2D eigenvalue weighted by atomic mass is 16.6. The minimum absolute atomic E-state index is 0.0450. The first kappa shape index (κ1) is 22.7. The Bertz CT molecular complexity index is 1610. The number of benzene rings is 2. The Morgan fingerprint density at radius 3 is 2.70 bits per heavy atom. The number of anilines is 2. The number of carbonyl (C=O) groups is 2. The van der Waals surface area contributed by atoms with Crippen molar-refractivity contribution < 1.29 is 14.3 Å². The maximum absolute atomic E-state index is 13.0. The standard InChI is InChI=1S/C27H24N6O4/c28-24(35)22-13-33(20-9-6-16-2-1-3-17(16)11-20)25-21(23(22)34)12-29-26(32-25)30-18-7-4-15(5-8-18)10-19-14-37-27(36)31-19/h4-9,11-13,19H,1-3,10,14H2,(H2,28,35)(H,31,36)(H,29,30,32). The fourth-order valence-corrected chi connectivity index (χ4v) is 4.93. The van der Waals surface area contributed by atoms with Crippen molar-refractivity contribution in [1.82, 2.24) is 19.9 Å². The average molecular weight is 497 g/mol. The SMILES string of the molecule is NC(=O)c1cn(-c2ccc3c(c2)CCC3)c2nc(Nc3ccc(CC4COC(=O)N4)cc3)ncc2c1=O. The van der Waals surface area contributed by atoms with Gasteiger partial charge in [-0.05, 0) is 66.6 Å². The molecule has 186 valence electrons. The highest BCUT2D eigenvalue weighted by molar-refractivity contribution is 5.96. The summed E-state index contributed by atoms with van der Waals surface area (Å²) in [5.74, 6) is -0.495. The summed E-state index contributed by atoms with van der Waals surface area (Å²) in [6.07, 6.45) is 6.29. The summed E-state index contributed by atoms with van der Waals surface area (Å²) in [4.78, 5) is 45.2. The molecular weight excluding hydrogens is 472 g/mol. The number of ether oxygens (including phenoxy) is 1. The van der Waals surface area contributed by atoms with Crippen LogP contribution >= 0.6 is 0 Å². The lowest BCUT2D eigenvalue weighted by Crippen LogP contribution is -2.28. The van der Waals surface area contributed by atoms with Crippen molar-refractivity contribution in [3.63, 3.8) is 0 Å². The Morgan fingerprint density at radius 1 is 1.14 bits per heavy atom. The van der Waals surface area contributed by atoms with Crippen LogP contribution < -0.4 is 21.8 Å². The summed E-state index contributed by atoms with van der Waals surface area (Å²) < 4.78 is 6.66. The Hall–Kier alpha value is -4.73. The van der Waals surface area contributed by atoms with Crippen LogP contribution in [0.1, 0.15) is 33.5 Å². The fourth-order valence-electron chi connectivity index (χ4n) is 4.93. The van der Waals surface area contributed by atoms with Gasteiger partial charge in [-0.2, -0.15) is 4.98 Å². The van der Waals surface area contributed by atoms with E-state index in [1.807, 2.05) is 30.3 Å². The van der Waals surface area contributed by atoms with Crippen LogP contribution in [-0.4, -0.2) is 39.2 Å². The number of cyclic esters (lactones) is 1. The van der Waals surface area contributed by atoms with Crippen molar-refractivity contribution in [2.45, 2.75) is 31.7 Å². The van der Waals surface area contributed by atoms with Crippen LogP contribution in [0.5, 0.6) is 0 Å². The summed E-state index contributed by atoms with van der Waals surface area (Å²) in [6, 6.07) is 13.8. The van der Waals surface area contributed by atoms with Gasteiger partial charge in [-0.3, -0.25) is 9.59 Å². The highest BCUT2D eigenvalue weighted by Crippen LogP contribution is 2.26. The Morgan fingerprint density at radius 2 is 1.95 bits per heavy atom. The Kier molecular flexibility index (Phi) is 5.56. The molecule has 3 heterocycles. The smallest absolute Gasteiger partial charge is 0.407 e. The molecule has 1 aliphatic heterocycles. The van der Waals surface area contributed by atoms with Gasteiger partial charge in [0.15, 0.2) is 5.65 Å². The van der Waals surface area contributed by atoms with Crippen molar-refractivity contribution in [3.05, 3.63) is 87.3 Å². The molecule has 0 radical (unpaired) electrons. The van der Waals surface area contributed by atoms with E-state index >= 15 is 0 Å². The second kappa shape index (κ2) is 9.05. The second-order valence-corrected chi connectivity index (χ2v) is 9.31. The number of fused-ring (bicyclic) bond motifs is 2. The largest absolute Gasteiger partial charge is 0.447 e. The van der Waals surface area contributed by atoms with Crippen LogP contribution in [0.15, 0.2) is 59.7 Å². The number of hydrogen-bond acceptors (Lipinski definition) is 7. The number of aryl methyl sites for hydroxylation is 2. The minimum Gasteiger partial charge on any atom is -0.447 e. The molecule has 2 amide bonds. The third-order valence-corrected chi connectivity index (χ3v) is 6.80. The lowest BCUT2D eigenvalue weighted by atomic mass is 10.1. The first-order valence-corrected chi connectivity index (χ1v) is 12.1. The summed E-state index contributed by atoms with van der Waals surface area (Å²) in [5.41, 5.74) is 10.4. The van der Waals surface area contributed by atoms with Crippen molar-refractivity contribution in [2.24, 2.45) is 5.73 Å². The summed E-state index contributed by atoms with van der Waals surface area (Å²) in [6.45, 7) is 0.354. The molecule has 1 saturated heterocycles. The predicted molar refractivity (Wildman–Crippen MR) is 137 cm³/mol. The van der Waals surface area contributed by atoms with Gasteiger partial charge in [0.1, 0.15) is 12.2 Å². The van der Waals surface area contributed by atoms with Crippen LogP contribution in [0, 0.1) is 0 Å². The van der Waals surface area contributed by atoms with Gasteiger partial charge in [-0.25, -0.2) is 9.78 Å². The van der Waals surface area contributed by atoms with Gasteiger partial charge < -0.3 is 25.7 Å². The van der Waals surface area contributed by atoms with E-state index in [9.17, 15) is 14.4 Å². The van der Waals surface area contributed by atoms with E-state index in [4.69, 9.17) is 10.5 Å². The zero-order valence-corrected chi connectivity index (χ0v) is 19.9. The number of nitrogens with zero attached hydrogens (tertiary/aromatic N) is 3. The molecule has 0 spiro atoms. The zero-order valence-electron chi connectivity index (χ0n) is 19.9. The van der Waals surface area contributed by atoms with Gasteiger partial charge in [0.25, 0.3) is 5.91 Å². The number of hydrogen-bond donors (Lipinski definition) is 3. The monoisotopic (exact) mass is 496 g/mol. The number of carbonyl (C=O) groups excluding carboxylic acids is 2. The number of rotatable bonds is 6. The van der Waals surface area contributed by atoms with E-state index in [1.54, 1.807) is 4.57 Å². The molecule has 0 saturated carbocycles. The molecule has 2 aromatic heterocycles. The second-order valence-electron chi connectivity index (χ2n) is 9.31. The van der Waals surface area contributed by atoms with Gasteiger partial charge in [0.05, 0.1) is 11.4 Å². The first-order chi connectivity index (χ1) is 17.9. The summed E-state index contributed by atoms with van der Waals surface area (Å²) >= 11 is 0. The maximum atomic E-state index is 13.0. The molecular formula is C27H24N6O4. The quantitative estimate of drug-likeness (QED) is 0.373. The normalized spacial score (nSPS) is 16.3. The third-order valence-electron chi connectivity index (χ3n) is 6.80. The van der Waals surface area contributed by atoms with Gasteiger partial charge in [0.2, 0.25) is 11.4 Å². The van der Waals surface area contributed by atoms with Gasteiger partial charge >= 0.3 is 6.09 Å². The Labute approximate surface area is 211 Å². The molecule has 37 heavy (non-hydrogen) atoms. The molecule has 2 aliphatic rings. The molecule has 0 bridgehead atoms. The van der Waals surface area contributed by atoms with Crippen LogP contribution in [0.2, 0.25) is 0 Å². The van der Waals surface area contributed by atoms with E-state index in [-0.39, 0.29) is 17.0 Å². The molecule has 4 N–H and O–H groups in total. The number of nitrogens with two attached hydrogens (primary N) is 1. The van der Waals surface area contributed by atoms with E-state index in [1.165, 1.54) is 23.5 Å². The molecule has 1 atom stereocenters. The number of pyridine rings is 1. The zero-order chi connectivity index (χ0) is 25.5. The van der Waals surface area contributed by atoms with Gasteiger partial charge in [-0.1, -0.05) is 18.2 Å². The van der Waals surface area contributed by atoms with Crippen molar-refractivity contribution >= 4 is 34.7 Å². The van der Waals surface area contributed by atoms with Crippen molar-refractivity contribution in [1.29, 1.82) is 0 Å². The van der Waals surface area contributed by atoms with Crippen molar-refractivity contribution in [2.75, 3.05) is 11.9 Å². The molecule has 6 rings (SSSR count). The van der Waals surface area contributed by atoms with Crippen LogP contribution in [0.3, 0.4) is 0 Å². The molecule has 10 nitrogen and oxygen atoms in total. The molecule has 2 aromatic carbocycles. The number of amides is 2. The van der Waals surface area contributed by atoms with Crippen molar-refractivity contribution in [3.8, 4) is 5.69 Å².